The van der Waals surface area contributed by atoms with Crippen molar-refractivity contribution in [2.75, 3.05) is 11.9 Å². The van der Waals surface area contributed by atoms with Gasteiger partial charge in [-0.25, -0.2) is 4.79 Å². The molecule has 0 fully saturated rings. The van der Waals surface area contributed by atoms with Gasteiger partial charge < -0.3 is 15.0 Å². The molecule has 0 saturated heterocycles. The first-order valence-corrected chi connectivity index (χ1v) is 7.04. The van der Waals surface area contributed by atoms with E-state index >= 15 is 0 Å². The Kier molecular flexibility index (Phi) is 4.60. The fraction of sp³-hybridized carbons (Fsp3) is 0.312. The van der Waals surface area contributed by atoms with E-state index in [2.05, 4.69) is 15.3 Å². The SMILES string of the molecule is CCOC(=O)c1c(C)[nH]c(C(=O)Nc2cnccc2C)c1C. The molecule has 2 rings (SSSR count). The summed E-state index contributed by atoms with van der Waals surface area (Å²) in [6, 6.07) is 1.81. The minimum absolute atomic E-state index is 0.291. The van der Waals surface area contributed by atoms with Crippen LogP contribution < -0.4 is 5.32 Å². The Morgan fingerprint density at radius 2 is 2.05 bits per heavy atom. The molecular weight excluding hydrogens is 282 g/mol. The molecule has 0 spiro atoms. The molecule has 2 N–H and O–H groups in total. The van der Waals surface area contributed by atoms with Crippen molar-refractivity contribution in [3.63, 3.8) is 0 Å². The molecule has 0 aliphatic heterocycles. The molecule has 0 bridgehead atoms. The second-order valence-corrected chi connectivity index (χ2v) is 4.99. The summed E-state index contributed by atoms with van der Waals surface area (Å²) < 4.78 is 5.02. The van der Waals surface area contributed by atoms with Gasteiger partial charge in [-0.3, -0.25) is 9.78 Å². The van der Waals surface area contributed by atoms with Crippen molar-refractivity contribution in [2.45, 2.75) is 27.7 Å². The zero-order valence-corrected chi connectivity index (χ0v) is 13.1. The van der Waals surface area contributed by atoms with Crippen LogP contribution in [0.4, 0.5) is 5.69 Å². The molecule has 0 unspecified atom stereocenters. The molecule has 1 amide bonds. The number of nitrogens with one attached hydrogen (secondary N) is 2. The van der Waals surface area contributed by atoms with Crippen molar-refractivity contribution in [1.82, 2.24) is 9.97 Å². The minimum atomic E-state index is -0.426. The van der Waals surface area contributed by atoms with E-state index in [4.69, 9.17) is 4.74 Å². The third kappa shape index (κ3) is 3.00. The largest absolute Gasteiger partial charge is 0.462 e. The van der Waals surface area contributed by atoms with Crippen LogP contribution in [0.3, 0.4) is 0 Å². The molecule has 0 aromatic carbocycles. The second kappa shape index (κ2) is 6.43. The van der Waals surface area contributed by atoms with Gasteiger partial charge in [-0.05, 0) is 44.9 Å². The topological polar surface area (TPSA) is 84.1 Å². The molecule has 0 saturated carbocycles. The van der Waals surface area contributed by atoms with Crippen LogP contribution in [-0.4, -0.2) is 28.5 Å². The van der Waals surface area contributed by atoms with E-state index in [1.807, 2.05) is 13.0 Å². The maximum Gasteiger partial charge on any atom is 0.340 e. The van der Waals surface area contributed by atoms with Crippen molar-refractivity contribution in [3.8, 4) is 0 Å². The molecule has 2 aromatic rings. The van der Waals surface area contributed by atoms with Crippen molar-refractivity contribution >= 4 is 17.6 Å². The standard InChI is InChI=1S/C16H19N3O3/c1-5-22-16(21)13-10(3)14(18-11(13)4)15(20)19-12-8-17-7-6-9(12)2/h6-8,18H,5H2,1-4H3,(H,19,20). The summed E-state index contributed by atoms with van der Waals surface area (Å²) in [5.41, 5.74) is 3.50. The predicted molar refractivity (Wildman–Crippen MR) is 83.2 cm³/mol. The first-order chi connectivity index (χ1) is 10.5. The zero-order valence-electron chi connectivity index (χ0n) is 13.1. The smallest absolute Gasteiger partial charge is 0.340 e. The summed E-state index contributed by atoms with van der Waals surface area (Å²) >= 11 is 0. The molecule has 22 heavy (non-hydrogen) atoms. The highest BCUT2D eigenvalue weighted by Gasteiger charge is 2.23. The van der Waals surface area contributed by atoms with Crippen LogP contribution >= 0.6 is 0 Å². The van der Waals surface area contributed by atoms with E-state index in [-0.39, 0.29) is 5.91 Å². The molecule has 2 heterocycles. The summed E-state index contributed by atoms with van der Waals surface area (Å²) in [4.78, 5) is 31.3. The number of carbonyl (C=O) groups is 2. The minimum Gasteiger partial charge on any atom is -0.462 e. The number of amides is 1. The third-order valence-corrected chi connectivity index (χ3v) is 3.43. The van der Waals surface area contributed by atoms with E-state index in [0.29, 0.717) is 34.8 Å². The Morgan fingerprint density at radius 3 is 2.68 bits per heavy atom. The summed E-state index contributed by atoms with van der Waals surface area (Å²) in [6.45, 7) is 7.38. The Hall–Kier alpha value is -2.63. The lowest BCUT2D eigenvalue weighted by atomic mass is 10.1. The van der Waals surface area contributed by atoms with Crippen molar-refractivity contribution in [1.29, 1.82) is 0 Å². The second-order valence-electron chi connectivity index (χ2n) is 4.99. The number of aromatic nitrogens is 2. The summed E-state index contributed by atoms with van der Waals surface area (Å²) in [5, 5.41) is 2.79. The Labute approximate surface area is 128 Å². The molecule has 0 aliphatic carbocycles. The van der Waals surface area contributed by atoms with Crippen LogP contribution in [0.25, 0.3) is 0 Å². The third-order valence-electron chi connectivity index (χ3n) is 3.43. The molecule has 2 aromatic heterocycles. The molecule has 0 radical (unpaired) electrons. The monoisotopic (exact) mass is 301 g/mol. The van der Waals surface area contributed by atoms with Crippen LogP contribution in [0.1, 0.15) is 44.6 Å². The Morgan fingerprint density at radius 1 is 1.32 bits per heavy atom. The molecule has 6 nitrogen and oxygen atoms in total. The van der Waals surface area contributed by atoms with Gasteiger partial charge in [0.2, 0.25) is 0 Å². The van der Waals surface area contributed by atoms with Gasteiger partial charge in [-0.1, -0.05) is 0 Å². The van der Waals surface area contributed by atoms with Crippen LogP contribution in [0.2, 0.25) is 0 Å². The van der Waals surface area contributed by atoms with Crippen LogP contribution in [0.15, 0.2) is 18.5 Å². The molecule has 0 atom stereocenters. The van der Waals surface area contributed by atoms with Crippen molar-refractivity contribution in [3.05, 3.63) is 46.5 Å². The number of carbonyl (C=O) groups excluding carboxylic acids is 2. The van der Waals surface area contributed by atoms with Crippen LogP contribution in [-0.2, 0) is 4.74 Å². The molecule has 116 valence electrons. The van der Waals surface area contributed by atoms with Gasteiger partial charge in [0.05, 0.1) is 24.1 Å². The highest BCUT2D eigenvalue weighted by molar-refractivity contribution is 6.07. The van der Waals surface area contributed by atoms with Crippen LogP contribution in [0, 0.1) is 20.8 Å². The van der Waals surface area contributed by atoms with E-state index in [0.717, 1.165) is 5.56 Å². The van der Waals surface area contributed by atoms with Crippen LogP contribution in [0.5, 0.6) is 0 Å². The number of aromatic amines is 1. The Bertz CT molecular complexity index is 719. The number of nitrogens with zero attached hydrogens (tertiary/aromatic N) is 1. The van der Waals surface area contributed by atoms with Gasteiger partial charge in [-0.15, -0.1) is 0 Å². The lowest BCUT2D eigenvalue weighted by Crippen LogP contribution is -2.15. The normalized spacial score (nSPS) is 10.4. The van der Waals surface area contributed by atoms with Gasteiger partial charge in [0, 0.05) is 11.9 Å². The van der Waals surface area contributed by atoms with Gasteiger partial charge in [0.25, 0.3) is 5.91 Å². The van der Waals surface area contributed by atoms with E-state index in [9.17, 15) is 9.59 Å². The maximum absolute atomic E-state index is 12.4. The molecule has 6 heteroatoms. The first kappa shape index (κ1) is 15.8. The average Bonchev–Trinajstić information content (AvgIpc) is 2.77. The molecule has 0 aliphatic rings. The zero-order chi connectivity index (χ0) is 16.3. The fourth-order valence-electron chi connectivity index (χ4n) is 2.27. The number of rotatable bonds is 4. The van der Waals surface area contributed by atoms with E-state index < -0.39 is 5.97 Å². The van der Waals surface area contributed by atoms with Gasteiger partial charge in [0.1, 0.15) is 5.69 Å². The Balaban J connectivity index is 2.30. The number of H-pyrrole nitrogens is 1. The number of aryl methyl sites for hydroxylation is 2. The van der Waals surface area contributed by atoms with Crippen molar-refractivity contribution < 1.29 is 14.3 Å². The summed E-state index contributed by atoms with van der Waals surface area (Å²) in [7, 11) is 0. The lowest BCUT2D eigenvalue weighted by molar-refractivity contribution is 0.0525. The van der Waals surface area contributed by atoms with Gasteiger partial charge in [0.15, 0.2) is 0 Å². The van der Waals surface area contributed by atoms with E-state index in [1.54, 1.807) is 33.2 Å². The summed E-state index contributed by atoms with van der Waals surface area (Å²) in [5.74, 6) is -0.738. The highest BCUT2D eigenvalue weighted by atomic mass is 16.5. The van der Waals surface area contributed by atoms with Crippen molar-refractivity contribution in [2.24, 2.45) is 0 Å². The number of hydrogen-bond donors (Lipinski definition) is 2. The number of esters is 1. The summed E-state index contributed by atoms with van der Waals surface area (Å²) in [6.07, 6.45) is 3.25. The predicted octanol–water partition coefficient (Wildman–Crippen LogP) is 2.76. The fourth-order valence-corrected chi connectivity index (χ4v) is 2.27. The number of pyridine rings is 1. The maximum atomic E-state index is 12.4. The van der Waals surface area contributed by atoms with Gasteiger partial charge >= 0.3 is 5.97 Å². The number of hydrogen-bond acceptors (Lipinski definition) is 4. The quantitative estimate of drug-likeness (QED) is 0.850. The number of anilines is 1. The highest BCUT2D eigenvalue weighted by Crippen LogP contribution is 2.21. The first-order valence-electron chi connectivity index (χ1n) is 7.04. The lowest BCUT2D eigenvalue weighted by Gasteiger charge is -2.07. The van der Waals surface area contributed by atoms with E-state index in [1.165, 1.54) is 0 Å². The number of ether oxygens (including phenoxy) is 1. The average molecular weight is 301 g/mol. The van der Waals surface area contributed by atoms with Gasteiger partial charge in [-0.2, -0.15) is 0 Å². The molecular formula is C16H19N3O3.